The van der Waals surface area contributed by atoms with Gasteiger partial charge in [0.25, 0.3) is 0 Å². The van der Waals surface area contributed by atoms with Gasteiger partial charge in [0.1, 0.15) is 18.4 Å². The maximum absolute atomic E-state index is 12.5. The van der Waals surface area contributed by atoms with Crippen molar-refractivity contribution in [3.63, 3.8) is 0 Å². The number of carbonyl (C=O) groups is 3. The van der Waals surface area contributed by atoms with E-state index in [1.54, 1.807) is 0 Å². The minimum absolute atomic E-state index is 0.0136. The fraction of sp³-hybridized carbons (Fsp3) is 0.276. The number of amides is 2. The Bertz CT molecular complexity index is 1130. The summed E-state index contributed by atoms with van der Waals surface area (Å²) < 4.78 is 10.7. The largest absolute Gasteiger partial charge is 0.489 e. The number of methoxy groups -OCH3 is 1. The lowest BCUT2D eigenvalue weighted by Crippen LogP contribution is -2.43. The summed E-state index contributed by atoms with van der Waals surface area (Å²) in [5.74, 6) is -0.527. The molecule has 0 spiro atoms. The van der Waals surface area contributed by atoms with Crippen molar-refractivity contribution in [2.75, 3.05) is 7.11 Å². The molecule has 7 heteroatoms. The monoisotopic (exact) mass is 488 g/mol. The lowest BCUT2D eigenvalue weighted by molar-refractivity contribution is -0.145. The highest BCUT2D eigenvalue weighted by Crippen LogP contribution is 2.17. The van der Waals surface area contributed by atoms with Crippen molar-refractivity contribution in [1.29, 1.82) is 0 Å². The maximum Gasteiger partial charge on any atom is 0.328 e. The third-order valence-electron chi connectivity index (χ3n) is 5.66. The summed E-state index contributed by atoms with van der Waals surface area (Å²) in [7, 11) is 1.28. The molecule has 2 amide bonds. The van der Waals surface area contributed by atoms with Crippen LogP contribution in [0.4, 0.5) is 0 Å². The molecular weight excluding hydrogens is 456 g/mol. The van der Waals surface area contributed by atoms with Crippen LogP contribution in [0.25, 0.3) is 0 Å². The van der Waals surface area contributed by atoms with Gasteiger partial charge in [-0.05, 0) is 35.7 Å². The van der Waals surface area contributed by atoms with Gasteiger partial charge in [0.15, 0.2) is 0 Å². The maximum atomic E-state index is 12.5. The van der Waals surface area contributed by atoms with Gasteiger partial charge < -0.3 is 20.1 Å². The Labute approximate surface area is 211 Å². The summed E-state index contributed by atoms with van der Waals surface area (Å²) in [6.07, 6.45) is 0.207. The summed E-state index contributed by atoms with van der Waals surface area (Å²) in [6.45, 7) is 2.31. The highest BCUT2D eigenvalue weighted by molar-refractivity contribution is 5.87. The molecule has 0 saturated carbocycles. The molecule has 3 rings (SSSR count). The fourth-order valence-electron chi connectivity index (χ4n) is 3.71. The van der Waals surface area contributed by atoms with Crippen LogP contribution in [0.15, 0.2) is 84.9 Å². The van der Waals surface area contributed by atoms with Gasteiger partial charge >= 0.3 is 5.97 Å². The third-order valence-corrected chi connectivity index (χ3v) is 5.66. The van der Waals surface area contributed by atoms with Crippen LogP contribution in [0.3, 0.4) is 0 Å². The van der Waals surface area contributed by atoms with E-state index in [9.17, 15) is 14.4 Å². The Morgan fingerprint density at radius 2 is 1.39 bits per heavy atom. The molecular formula is C29H32N2O5. The SMILES string of the molecule is COC(=O)[C@@H](Cc1cccc(OCc2ccccc2)c1)NC(=O)CCC(=O)N[C@H](C)c1ccccc1. The van der Waals surface area contributed by atoms with Crippen molar-refractivity contribution in [3.05, 3.63) is 102 Å². The minimum atomic E-state index is -0.877. The summed E-state index contributed by atoms with van der Waals surface area (Å²) >= 11 is 0. The van der Waals surface area contributed by atoms with Gasteiger partial charge in [-0.15, -0.1) is 0 Å². The third kappa shape index (κ3) is 8.58. The number of benzene rings is 3. The van der Waals surface area contributed by atoms with Crippen LogP contribution >= 0.6 is 0 Å². The molecule has 3 aromatic carbocycles. The zero-order valence-electron chi connectivity index (χ0n) is 20.6. The van der Waals surface area contributed by atoms with E-state index < -0.39 is 17.9 Å². The molecule has 0 radical (unpaired) electrons. The molecule has 0 saturated heterocycles. The molecule has 7 nitrogen and oxygen atoms in total. The first-order valence-electron chi connectivity index (χ1n) is 11.9. The molecule has 2 atom stereocenters. The van der Waals surface area contributed by atoms with Crippen LogP contribution in [0.2, 0.25) is 0 Å². The van der Waals surface area contributed by atoms with Crippen molar-refractivity contribution in [2.24, 2.45) is 0 Å². The number of hydrogen-bond donors (Lipinski definition) is 2. The van der Waals surface area contributed by atoms with E-state index in [1.165, 1.54) is 7.11 Å². The molecule has 36 heavy (non-hydrogen) atoms. The molecule has 0 fully saturated rings. The number of ether oxygens (including phenoxy) is 2. The molecule has 188 valence electrons. The predicted octanol–water partition coefficient (Wildman–Crippen LogP) is 4.12. The molecule has 0 aromatic heterocycles. The summed E-state index contributed by atoms with van der Waals surface area (Å²) in [6, 6.07) is 25.7. The van der Waals surface area contributed by atoms with Crippen LogP contribution < -0.4 is 15.4 Å². The van der Waals surface area contributed by atoms with Gasteiger partial charge in [0, 0.05) is 19.3 Å². The second-order valence-electron chi connectivity index (χ2n) is 8.47. The normalized spacial score (nSPS) is 12.2. The van der Waals surface area contributed by atoms with Gasteiger partial charge in [-0.25, -0.2) is 4.79 Å². The Morgan fingerprint density at radius 3 is 2.06 bits per heavy atom. The van der Waals surface area contributed by atoms with Crippen molar-refractivity contribution < 1.29 is 23.9 Å². The summed E-state index contributed by atoms with van der Waals surface area (Å²) in [5.41, 5.74) is 2.84. The second-order valence-corrected chi connectivity index (χ2v) is 8.47. The van der Waals surface area contributed by atoms with E-state index in [1.807, 2.05) is 91.9 Å². The number of nitrogens with one attached hydrogen (secondary N) is 2. The van der Waals surface area contributed by atoms with Crippen LogP contribution in [-0.4, -0.2) is 30.9 Å². The van der Waals surface area contributed by atoms with Gasteiger partial charge in [-0.2, -0.15) is 0 Å². The lowest BCUT2D eigenvalue weighted by Gasteiger charge is -2.18. The Hall–Kier alpha value is -4.13. The van der Waals surface area contributed by atoms with Gasteiger partial charge in [-0.3, -0.25) is 9.59 Å². The average Bonchev–Trinajstić information content (AvgIpc) is 2.91. The fourth-order valence-corrected chi connectivity index (χ4v) is 3.71. The molecule has 0 unspecified atom stereocenters. The highest BCUT2D eigenvalue weighted by Gasteiger charge is 2.22. The average molecular weight is 489 g/mol. The van der Waals surface area contributed by atoms with Crippen molar-refractivity contribution in [3.8, 4) is 5.75 Å². The van der Waals surface area contributed by atoms with E-state index in [2.05, 4.69) is 10.6 Å². The van der Waals surface area contributed by atoms with Crippen LogP contribution in [0, 0.1) is 0 Å². The van der Waals surface area contributed by atoms with Gasteiger partial charge in [0.05, 0.1) is 13.2 Å². The molecule has 2 N–H and O–H groups in total. The van der Waals surface area contributed by atoms with E-state index in [4.69, 9.17) is 9.47 Å². The molecule has 0 aliphatic rings. The lowest BCUT2D eigenvalue weighted by atomic mass is 10.1. The first kappa shape index (κ1) is 26.5. The molecule has 0 aliphatic heterocycles. The minimum Gasteiger partial charge on any atom is -0.489 e. The molecule has 0 aliphatic carbocycles. The van der Waals surface area contributed by atoms with Crippen molar-refractivity contribution in [2.45, 2.75) is 44.9 Å². The first-order chi connectivity index (χ1) is 17.4. The number of hydrogen-bond acceptors (Lipinski definition) is 5. The van der Waals surface area contributed by atoms with Crippen LogP contribution in [-0.2, 0) is 32.1 Å². The van der Waals surface area contributed by atoms with E-state index >= 15 is 0 Å². The standard InChI is InChI=1S/C29H32N2O5/c1-21(24-13-7-4-8-14-24)30-27(32)16-17-28(33)31-26(29(34)35-2)19-23-12-9-15-25(18-23)36-20-22-10-5-3-6-11-22/h3-15,18,21,26H,16-17,19-20H2,1-2H3,(H,30,32)(H,31,33)/t21-,26-/m1/s1. The Kier molecular flexibility index (Phi) is 10.1. The zero-order valence-corrected chi connectivity index (χ0v) is 20.6. The Balaban J connectivity index is 1.51. The Morgan fingerprint density at radius 1 is 0.778 bits per heavy atom. The summed E-state index contributed by atoms with van der Waals surface area (Å²) in [5, 5.41) is 5.58. The van der Waals surface area contributed by atoms with Crippen molar-refractivity contribution >= 4 is 17.8 Å². The van der Waals surface area contributed by atoms with Gasteiger partial charge in [-0.1, -0.05) is 72.8 Å². The number of rotatable bonds is 12. The van der Waals surface area contributed by atoms with Crippen LogP contribution in [0.1, 0.15) is 42.5 Å². The quantitative estimate of drug-likeness (QED) is 0.374. The van der Waals surface area contributed by atoms with E-state index in [0.29, 0.717) is 12.4 Å². The molecule has 0 heterocycles. The van der Waals surface area contributed by atoms with E-state index in [-0.39, 0.29) is 31.2 Å². The number of esters is 1. The summed E-state index contributed by atoms with van der Waals surface area (Å²) in [4.78, 5) is 37.2. The molecule has 3 aromatic rings. The highest BCUT2D eigenvalue weighted by atomic mass is 16.5. The first-order valence-corrected chi connectivity index (χ1v) is 11.9. The second kappa shape index (κ2) is 13.7. The van der Waals surface area contributed by atoms with Gasteiger partial charge in [0.2, 0.25) is 11.8 Å². The molecule has 0 bridgehead atoms. The van der Waals surface area contributed by atoms with Crippen molar-refractivity contribution in [1.82, 2.24) is 10.6 Å². The smallest absolute Gasteiger partial charge is 0.328 e. The van der Waals surface area contributed by atoms with E-state index in [0.717, 1.165) is 16.7 Å². The predicted molar refractivity (Wildman–Crippen MR) is 137 cm³/mol. The van der Waals surface area contributed by atoms with Crippen LogP contribution in [0.5, 0.6) is 5.75 Å². The zero-order chi connectivity index (χ0) is 25.8. The number of carbonyl (C=O) groups excluding carboxylic acids is 3. The topological polar surface area (TPSA) is 93.7 Å².